The van der Waals surface area contributed by atoms with E-state index in [1.165, 1.54) is 32.6 Å². The lowest BCUT2D eigenvalue weighted by atomic mass is 10.1. The van der Waals surface area contributed by atoms with Crippen molar-refractivity contribution in [3.8, 4) is 5.69 Å². The van der Waals surface area contributed by atoms with Crippen molar-refractivity contribution in [2.24, 2.45) is 0 Å². The first-order chi connectivity index (χ1) is 11.4. The molecule has 23 heavy (non-hydrogen) atoms. The third kappa shape index (κ3) is 1.72. The van der Waals surface area contributed by atoms with Crippen molar-refractivity contribution in [2.75, 3.05) is 0 Å². The molecule has 2 nitrogen and oxygen atoms in total. The zero-order valence-electron chi connectivity index (χ0n) is 12.5. The van der Waals surface area contributed by atoms with Crippen LogP contribution in [-0.4, -0.2) is 9.55 Å². The van der Waals surface area contributed by atoms with Crippen LogP contribution in [0.25, 0.3) is 38.3 Å². The van der Waals surface area contributed by atoms with Gasteiger partial charge in [-0.25, -0.2) is 0 Å². The lowest BCUT2D eigenvalue weighted by molar-refractivity contribution is 1.16. The summed E-state index contributed by atoms with van der Waals surface area (Å²) in [5.41, 5.74) is 3.63. The summed E-state index contributed by atoms with van der Waals surface area (Å²) in [6.07, 6.45) is 3.70. The van der Waals surface area contributed by atoms with Crippen molar-refractivity contribution in [1.82, 2.24) is 9.55 Å². The van der Waals surface area contributed by atoms with Gasteiger partial charge in [-0.05, 0) is 23.6 Å². The maximum Gasteiger partial charge on any atom is 0.0619 e. The predicted molar refractivity (Wildman–Crippen MR) is 96.1 cm³/mol. The van der Waals surface area contributed by atoms with E-state index >= 15 is 0 Å². The van der Waals surface area contributed by atoms with Gasteiger partial charge in [0.1, 0.15) is 0 Å². The first-order valence-corrected chi connectivity index (χ1v) is 7.75. The minimum Gasteiger partial charge on any atom is -0.309 e. The molecule has 0 aliphatic heterocycles. The van der Waals surface area contributed by atoms with E-state index in [4.69, 9.17) is 0 Å². The van der Waals surface area contributed by atoms with Crippen LogP contribution < -0.4 is 0 Å². The van der Waals surface area contributed by atoms with Gasteiger partial charge in [0.2, 0.25) is 0 Å². The molecule has 0 saturated heterocycles. The highest BCUT2D eigenvalue weighted by atomic mass is 15.0. The molecule has 0 fully saturated rings. The molecule has 2 aromatic heterocycles. The normalized spacial score (nSPS) is 11.5. The number of para-hydroxylation sites is 1. The predicted octanol–water partition coefficient (Wildman–Crippen LogP) is 5.33. The van der Waals surface area contributed by atoms with Gasteiger partial charge in [0.05, 0.1) is 11.0 Å². The Hall–Kier alpha value is -3.13. The Bertz CT molecular complexity index is 1150. The summed E-state index contributed by atoms with van der Waals surface area (Å²) in [4.78, 5) is 4.16. The molecule has 3 aromatic carbocycles. The van der Waals surface area contributed by atoms with Gasteiger partial charge in [-0.1, -0.05) is 54.6 Å². The summed E-state index contributed by atoms with van der Waals surface area (Å²) >= 11 is 0. The summed E-state index contributed by atoms with van der Waals surface area (Å²) in [7, 11) is 0. The molecule has 2 heteroatoms. The lowest BCUT2D eigenvalue weighted by Crippen LogP contribution is -1.94. The summed E-state index contributed by atoms with van der Waals surface area (Å²) in [6, 6.07) is 25.7. The quantitative estimate of drug-likeness (QED) is 0.408. The second-order valence-electron chi connectivity index (χ2n) is 5.74. The molecule has 0 radical (unpaired) electrons. The number of fused-ring (bicyclic) bond motifs is 5. The number of rotatable bonds is 1. The third-order valence-corrected chi connectivity index (χ3v) is 4.48. The van der Waals surface area contributed by atoms with Crippen LogP contribution in [-0.2, 0) is 0 Å². The van der Waals surface area contributed by atoms with Crippen LogP contribution in [0.1, 0.15) is 0 Å². The molecule has 0 unspecified atom stereocenters. The van der Waals surface area contributed by atoms with E-state index in [-0.39, 0.29) is 0 Å². The maximum atomic E-state index is 4.16. The number of hydrogen-bond acceptors (Lipinski definition) is 1. The highest BCUT2D eigenvalue weighted by Gasteiger charge is 2.13. The molecule has 0 amide bonds. The average Bonchev–Trinajstić information content (AvgIpc) is 2.97. The third-order valence-electron chi connectivity index (χ3n) is 4.48. The van der Waals surface area contributed by atoms with E-state index in [0.717, 1.165) is 5.69 Å². The van der Waals surface area contributed by atoms with Crippen molar-refractivity contribution in [3.63, 3.8) is 0 Å². The van der Waals surface area contributed by atoms with Crippen LogP contribution in [0, 0.1) is 0 Å². The number of hydrogen-bond donors (Lipinski definition) is 0. The van der Waals surface area contributed by atoms with Crippen LogP contribution in [0.5, 0.6) is 0 Å². The van der Waals surface area contributed by atoms with E-state index in [1.807, 2.05) is 12.4 Å². The molecular weight excluding hydrogens is 280 g/mol. The van der Waals surface area contributed by atoms with Gasteiger partial charge in [0, 0.05) is 34.2 Å². The van der Waals surface area contributed by atoms with Crippen LogP contribution in [0.15, 0.2) is 85.2 Å². The molecule has 0 N–H and O–H groups in total. The van der Waals surface area contributed by atoms with Crippen molar-refractivity contribution < 1.29 is 0 Å². The summed E-state index contributed by atoms with van der Waals surface area (Å²) in [6.45, 7) is 0. The number of pyridine rings is 1. The van der Waals surface area contributed by atoms with Gasteiger partial charge in [-0.3, -0.25) is 4.98 Å². The van der Waals surface area contributed by atoms with Gasteiger partial charge in [-0.2, -0.15) is 0 Å². The standard InChI is InChI=1S/C21H14N2/c1-2-6-17-15(5-1)9-10-19-18-7-3-4-8-20(18)23(21(17)19)16-11-13-22-14-12-16/h1-14H. The van der Waals surface area contributed by atoms with Gasteiger partial charge >= 0.3 is 0 Å². The minimum atomic E-state index is 1.14. The fourth-order valence-electron chi connectivity index (χ4n) is 3.49. The van der Waals surface area contributed by atoms with Gasteiger partial charge in [-0.15, -0.1) is 0 Å². The maximum absolute atomic E-state index is 4.16. The van der Waals surface area contributed by atoms with E-state index < -0.39 is 0 Å². The molecule has 108 valence electrons. The van der Waals surface area contributed by atoms with E-state index in [0.29, 0.717) is 0 Å². The zero-order valence-corrected chi connectivity index (χ0v) is 12.5. The highest BCUT2D eigenvalue weighted by Crippen LogP contribution is 2.36. The summed E-state index contributed by atoms with van der Waals surface area (Å²) in [5, 5.41) is 5.11. The molecule has 5 aromatic rings. The first-order valence-electron chi connectivity index (χ1n) is 7.75. The molecule has 0 aliphatic carbocycles. The highest BCUT2D eigenvalue weighted by molar-refractivity contribution is 6.18. The van der Waals surface area contributed by atoms with Crippen molar-refractivity contribution in [3.05, 3.63) is 85.2 Å². The number of aromatic nitrogens is 2. The lowest BCUT2D eigenvalue weighted by Gasteiger charge is -2.09. The van der Waals surface area contributed by atoms with E-state index in [9.17, 15) is 0 Å². The van der Waals surface area contributed by atoms with Crippen molar-refractivity contribution >= 4 is 32.6 Å². The monoisotopic (exact) mass is 294 g/mol. The Kier molecular flexibility index (Phi) is 2.53. The van der Waals surface area contributed by atoms with Crippen LogP contribution in [0.4, 0.5) is 0 Å². The Morgan fingerprint density at radius 2 is 1.35 bits per heavy atom. The fraction of sp³-hybridized carbons (Fsp3) is 0. The Morgan fingerprint density at radius 3 is 2.22 bits per heavy atom. The fourth-order valence-corrected chi connectivity index (χ4v) is 3.49. The Labute approximate surface area is 133 Å². The molecular formula is C21H14N2. The first kappa shape index (κ1) is 12.4. The van der Waals surface area contributed by atoms with Crippen LogP contribution in [0.2, 0.25) is 0 Å². The van der Waals surface area contributed by atoms with Crippen LogP contribution >= 0.6 is 0 Å². The summed E-state index contributed by atoms with van der Waals surface area (Å²) < 4.78 is 2.34. The van der Waals surface area contributed by atoms with Gasteiger partial charge in [0.15, 0.2) is 0 Å². The van der Waals surface area contributed by atoms with Gasteiger partial charge in [0.25, 0.3) is 0 Å². The SMILES string of the molecule is c1ccc2c(c1)ccc1c3ccccc3n(-c3ccncc3)c21. The largest absolute Gasteiger partial charge is 0.309 e. The molecule has 2 heterocycles. The van der Waals surface area contributed by atoms with Gasteiger partial charge < -0.3 is 4.57 Å². The van der Waals surface area contributed by atoms with E-state index in [1.54, 1.807) is 0 Å². The van der Waals surface area contributed by atoms with E-state index in [2.05, 4.69) is 82.3 Å². The molecule has 5 rings (SSSR count). The van der Waals surface area contributed by atoms with Crippen LogP contribution in [0.3, 0.4) is 0 Å². The Balaban J connectivity index is 2.10. The molecule has 0 spiro atoms. The van der Waals surface area contributed by atoms with Crippen molar-refractivity contribution in [2.45, 2.75) is 0 Å². The average molecular weight is 294 g/mol. The number of nitrogens with zero attached hydrogens (tertiary/aromatic N) is 2. The summed E-state index contributed by atoms with van der Waals surface area (Å²) in [5.74, 6) is 0. The van der Waals surface area contributed by atoms with Crippen molar-refractivity contribution in [1.29, 1.82) is 0 Å². The topological polar surface area (TPSA) is 17.8 Å². The zero-order chi connectivity index (χ0) is 15.2. The molecule has 0 saturated carbocycles. The second-order valence-corrected chi connectivity index (χ2v) is 5.74. The minimum absolute atomic E-state index is 1.14. The Morgan fingerprint density at radius 1 is 0.609 bits per heavy atom. The number of benzene rings is 3. The smallest absolute Gasteiger partial charge is 0.0619 e. The molecule has 0 atom stereocenters. The molecule has 0 aliphatic rings. The molecule has 0 bridgehead atoms. The second kappa shape index (κ2) is 4.68.